The van der Waals surface area contributed by atoms with Crippen molar-refractivity contribution < 1.29 is 19.5 Å². The van der Waals surface area contributed by atoms with Gasteiger partial charge in [-0.25, -0.2) is 9.59 Å². The highest BCUT2D eigenvalue weighted by Gasteiger charge is 2.38. The molecule has 1 rings (SSSR count). The van der Waals surface area contributed by atoms with Crippen molar-refractivity contribution in [3.63, 3.8) is 0 Å². The van der Waals surface area contributed by atoms with Crippen molar-refractivity contribution in [3.8, 4) is 0 Å². The van der Waals surface area contributed by atoms with Gasteiger partial charge in [-0.2, -0.15) is 0 Å². The number of hydrogen-bond donors (Lipinski definition) is 2. The van der Waals surface area contributed by atoms with Crippen LogP contribution in [0, 0.1) is 5.92 Å². The average molecular weight is 285 g/mol. The van der Waals surface area contributed by atoms with Crippen LogP contribution < -0.4 is 5.32 Å². The maximum atomic E-state index is 12.3. The Balaban J connectivity index is 2.63. The topological polar surface area (TPSA) is 90.0 Å². The number of aliphatic carboxylic acids is 1. The molecule has 3 amide bonds. The van der Waals surface area contributed by atoms with E-state index in [1.165, 1.54) is 25.8 Å². The lowest BCUT2D eigenvalue weighted by molar-refractivity contribution is -0.147. The van der Waals surface area contributed by atoms with Crippen molar-refractivity contribution in [3.05, 3.63) is 0 Å². The van der Waals surface area contributed by atoms with Crippen LogP contribution in [0.25, 0.3) is 0 Å². The molecule has 0 bridgehead atoms. The number of carbonyl (C=O) groups is 3. The van der Waals surface area contributed by atoms with Gasteiger partial charge in [0, 0.05) is 33.1 Å². The van der Waals surface area contributed by atoms with Gasteiger partial charge in [-0.05, 0) is 26.7 Å². The summed E-state index contributed by atoms with van der Waals surface area (Å²) in [5.41, 5.74) is -1.26. The Morgan fingerprint density at radius 1 is 1.25 bits per heavy atom. The first-order valence-electron chi connectivity index (χ1n) is 6.69. The van der Waals surface area contributed by atoms with Gasteiger partial charge in [-0.3, -0.25) is 4.79 Å². The summed E-state index contributed by atoms with van der Waals surface area (Å²) in [4.78, 5) is 37.8. The number of nitrogens with one attached hydrogen (secondary N) is 1. The summed E-state index contributed by atoms with van der Waals surface area (Å²) in [5.74, 6) is -1.12. The Bertz CT molecular complexity index is 400. The van der Waals surface area contributed by atoms with Gasteiger partial charge in [0.1, 0.15) is 5.54 Å². The van der Waals surface area contributed by atoms with Crippen LogP contribution in [-0.4, -0.2) is 65.5 Å². The fraction of sp³-hybridized carbons (Fsp3) is 0.769. The van der Waals surface area contributed by atoms with E-state index in [4.69, 9.17) is 5.11 Å². The van der Waals surface area contributed by atoms with Crippen molar-refractivity contribution in [1.82, 2.24) is 15.1 Å². The lowest BCUT2D eigenvalue weighted by atomic mass is 9.96. The normalized spacial score (nSPS) is 16.7. The third kappa shape index (κ3) is 3.20. The van der Waals surface area contributed by atoms with Gasteiger partial charge in [0.15, 0.2) is 0 Å². The van der Waals surface area contributed by atoms with E-state index in [1.807, 2.05) is 0 Å². The predicted molar refractivity (Wildman–Crippen MR) is 73.2 cm³/mol. The minimum Gasteiger partial charge on any atom is -0.480 e. The van der Waals surface area contributed by atoms with Crippen molar-refractivity contribution in [2.75, 3.05) is 27.2 Å². The summed E-state index contributed by atoms with van der Waals surface area (Å²) < 4.78 is 0. The molecule has 0 aliphatic carbocycles. The Labute approximate surface area is 118 Å². The number of piperidine rings is 1. The van der Waals surface area contributed by atoms with Crippen LogP contribution in [-0.2, 0) is 9.59 Å². The van der Waals surface area contributed by atoms with E-state index >= 15 is 0 Å². The summed E-state index contributed by atoms with van der Waals surface area (Å²) in [6.45, 7) is 3.92. The van der Waals surface area contributed by atoms with Crippen LogP contribution in [0.4, 0.5) is 4.79 Å². The molecule has 0 unspecified atom stereocenters. The van der Waals surface area contributed by atoms with Gasteiger partial charge >= 0.3 is 12.0 Å². The summed E-state index contributed by atoms with van der Waals surface area (Å²) in [6, 6.07) is -0.312. The monoisotopic (exact) mass is 285 g/mol. The number of hydrogen-bond acceptors (Lipinski definition) is 3. The Kier molecular flexibility index (Phi) is 4.97. The molecule has 20 heavy (non-hydrogen) atoms. The molecule has 0 aromatic rings. The molecule has 1 fully saturated rings. The minimum absolute atomic E-state index is 0.00341. The quantitative estimate of drug-likeness (QED) is 0.783. The molecule has 1 saturated heterocycles. The third-order valence-corrected chi connectivity index (χ3v) is 4.03. The molecule has 0 spiro atoms. The first-order valence-corrected chi connectivity index (χ1v) is 6.69. The second kappa shape index (κ2) is 6.11. The number of rotatable bonds is 3. The summed E-state index contributed by atoms with van der Waals surface area (Å²) in [5, 5.41) is 11.8. The fourth-order valence-electron chi connectivity index (χ4n) is 2.13. The summed E-state index contributed by atoms with van der Waals surface area (Å²) >= 11 is 0. The van der Waals surface area contributed by atoms with E-state index in [0.29, 0.717) is 25.9 Å². The largest absolute Gasteiger partial charge is 0.480 e. The van der Waals surface area contributed by atoms with Crippen molar-refractivity contribution in [2.24, 2.45) is 5.92 Å². The zero-order chi connectivity index (χ0) is 15.5. The highest BCUT2D eigenvalue weighted by atomic mass is 16.4. The molecule has 1 aliphatic rings. The molecular weight excluding hydrogens is 262 g/mol. The molecule has 1 heterocycles. The zero-order valence-electron chi connectivity index (χ0n) is 12.5. The molecular formula is C13H23N3O4. The molecule has 2 N–H and O–H groups in total. The summed E-state index contributed by atoms with van der Waals surface area (Å²) in [7, 11) is 3.09. The van der Waals surface area contributed by atoms with E-state index in [0.717, 1.165) is 0 Å². The lowest BCUT2D eigenvalue weighted by Gasteiger charge is -2.38. The Morgan fingerprint density at radius 3 is 2.15 bits per heavy atom. The smallest absolute Gasteiger partial charge is 0.329 e. The number of likely N-dealkylation sites (tertiary alicyclic amines) is 1. The number of carboxylic acids is 1. The molecule has 0 aromatic carbocycles. The molecule has 0 atom stereocenters. The van der Waals surface area contributed by atoms with Gasteiger partial charge in [0.25, 0.3) is 0 Å². The number of carbonyl (C=O) groups excluding carboxylic acids is 2. The van der Waals surface area contributed by atoms with Crippen molar-refractivity contribution in [2.45, 2.75) is 32.2 Å². The molecule has 7 nitrogen and oxygen atoms in total. The van der Waals surface area contributed by atoms with E-state index in [1.54, 1.807) is 11.9 Å². The van der Waals surface area contributed by atoms with Gasteiger partial charge in [0.05, 0.1) is 0 Å². The predicted octanol–water partition coefficient (Wildman–Crippen LogP) is 0.359. The van der Waals surface area contributed by atoms with Crippen LogP contribution >= 0.6 is 0 Å². The third-order valence-electron chi connectivity index (χ3n) is 4.03. The number of urea groups is 1. The minimum atomic E-state index is -1.26. The van der Waals surface area contributed by atoms with Crippen LogP contribution in [0.3, 0.4) is 0 Å². The molecule has 0 aromatic heterocycles. The van der Waals surface area contributed by atoms with Crippen LogP contribution in [0.2, 0.25) is 0 Å². The summed E-state index contributed by atoms with van der Waals surface area (Å²) in [6.07, 6.45) is 1.21. The molecule has 0 radical (unpaired) electrons. The van der Waals surface area contributed by atoms with Crippen molar-refractivity contribution >= 4 is 17.9 Å². The first kappa shape index (κ1) is 16.3. The van der Waals surface area contributed by atoms with Crippen molar-refractivity contribution in [1.29, 1.82) is 0 Å². The van der Waals surface area contributed by atoms with Crippen LogP contribution in [0.1, 0.15) is 26.7 Å². The first-order chi connectivity index (χ1) is 9.21. The van der Waals surface area contributed by atoms with E-state index in [2.05, 4.69) is 5.32 Å². The highest BCUT2D eigenvalue weighted by molar-refractivity contribution is 5.85. The van der Waals surface area contributed by atoms with Gasteiger partial charge in [-0.1, -0.05) is 0 Å². The maximum Gasteiger partial charge on any atom is 0.329 e. The molecule has 114 valence electrons. The lowest BCUT2D eigenvalue weighted by Crippen LogP contribution is -2.56. The van der Waals surface area contributed by atoms with Crippen LogP contribution in [0.15, 0.2) is 0 Å². The van der Waals surface area contributed by atoms with Gasteiger partial charge in [-0.15, -0.1) is 0 Å². The Morgan fingerprint density at radius 2 is 1.75 bits per heavy atom. The number of likely N-dealkylation sites (N-methyl/N-ethyl adjacent to an activating group) is 1. The maximum absolute atomic E-state index is 12.3. The second-order valence-corrected chi connectivity index (χ2v) is 5.58. The molecule has 0 saturated carbocycles. The molecule has 1 aliphatic heterocycles. The highest BCUT2D eigenvalue weighted by Crippen LogP contribution is 2.21. The number of carboxylic acid groups (broad SMARTS) is 1. The standard InChI is InChI=1S/C13H23N3O4/c1-13(2,11(18)19)15(4)12(20)16-7-5-9(6-8-16)10(17)14-3/h9H,5-8H2,1-4H3,(H,14,17)(H,18,19). The average Bonchev–Trinajstić information content (AvgIpc) is 2.44. The van der Waals surface area contributed by atoms with E-state index < -0.39 is 11.5 Å². The number of amides is 3. The van der Waals surface area contributed by atoms with E-state index in [9.17, 15) is 14.4 Å². The van der Waals surface area contributed by atoms with Gasteiger partial charge < -0.3 is 20.2 Å². The fourth-order valence-corrected chi connectivity index (χ4v) is 2.13. The number of nitrogens with zero attached hydrogens (tertiary/aromatic N) is 2. The second-order valence-electron chi connectivity index (χ2n) is 5.58. The van der Waals surface area contributed by atoms with Crippen LogP contribution in [0.5, 0.6) is 0 Å². The van der Waals surface area contributed by atoms with E-state index in [-0.39, 0.29) is 17.9 Å². The van der Waals surface area contributed by atoms with Gasteiger partial charge in [0.2, 0.25) is 5.91 Å². The zero-order valence-corrected chi connectivity index (χ0v) is 12.5. The SMILES string of the molecule is CNC(=O)C1CCN(C(=O)N(C)C(C)(C)C(=O)O)CC1. The molecule has 7 heteroatoms. The Hall–Kier alpha value is -1.79.